The number of aryl methyl sites for hydroxylation is 1. The highest BCUT2D eigenvalue weighted by molar-refractivity contribution is 5.97. The Morgan fingerprint density at radius 2 is 1.86 bits per heavy atom. The van der Waals surface area contributed by atoms with Gasteiger partial charge in [-0.1, -0.05) is 24.3 Å². The molecular formula is C22H26N2O4. The standard InChI is InChI=1S/C22H26N2O4/c1-16-4-3-5-20(14-16)23-21(25)17(2)28-22(26)19-8-6-18(7-9-19)15-24-10-12-27-13-11-24/h3-9,14,17H,10-13,15H2,1-2H3,(H,23,25)/t17-/m1/s1. The molecule has 2 aromatic rings. The summed E-state index contributed by atoms with van der Waals surface area (Å²) >= 11 is 0. The predicted octanol–water partition coefficient (Wildman–Crippen LogP) is 3.01. The van der Waals surface area contributed by atoms with E-state index in [1.165, 1.54) is 0 Å². The Balaban J connectivity index is 1.52. The van der Waals surface area contributed by atoms with Gasteiger partial charge in [0.1, 0.15) is 0 Å². The van der Waals surface area contributed by atoms with Gasteiger partial charge in [0.25, 0.3) is 5.91 Å². The van der Waals surface area contributed by atoms with Crippen LogP contribution in [-0.2, 0) is 20.8 Å². The lowest BCUT2D eigenvalue weighted by molar-refractivity contribution is -0.123. The third-order valence-electron chi connectivity index (χ3n) is 4.64. The summed E-state index contributed by atoms with van der Waals surface area (Å²) in [6.07, 6.45) is -0.888. The van der Waals surface area contributed by atoms with Crippen molar-refractivity contribution in [3.8, 4) is 0 Å². The van der Waals surface area contributed by atoms with Crippen LogP contribution < -0.4 is 5.32 Å². The lowest BCUT2D eigenvalue weighted by Gasteiger charge is -2.26. The number of anilines is 1. The molecule has 0 spiro atoms. The van der Waals surface area contributed by atoms with Crippen molar-refractivity contribution in [1.82, 2.24) is 4.90 Å². The molecule has 0 bridgehead atoms. The average Bonchev–Trinajstić information content (AvgIpc) is 2.69. The number of carbonyl (C=O) groups excluding carboxylic acids is 2. The van der Waals surface area contributed by atoms with Gasteiger partial charge in [0.2, 0.25) is 0 Å². The summed E-state index contributed by atoms with van der Waals surface area (Å²) in [7, 11) is 0. The van der Waals surface area contributed by atoms with Crippen LogP contribution in [0.1, 0.15) is 28.4 Å². The van der Waals surface area contributed by atoms with Crippen LogP contribution in [0.4, 0.5) is 5.69 Å². The summed E-state index contributed by atoms with van der Waals surface area (Å²) in [6, 6.07) is 14.8. The third-order valence-corrected chi connectivity index (χ3v) is 4.64. The molecule has 1 fully saturated rings. The van der Waals surface area contributed by atoms with E-state index < -0.39 is 12.1 Å². The summed E-state index contributed by atoms with van der Waals surface area (Å²) in [5, 5.41) is 2.76. The maximum Gasteiger partial charge on any atom is 0.338 e. The minimum atomic E-state index is -0.888. The first kappa shape index (κ1) is 20.0. The zero-order valence-electron chi connectivity index (χ0n) is 16.3. The van der Waals surface area contributed by atoms with Crippen molar-refractivity contribution in [2.24, 2.45) is 0 Å². The monoisotopic (exact) mass is 382 g/mol. The lowest BCUT2D eigenvalue weighted by Crippen LogP contribution is -2.35. The lowest BCUT2D eigenvalue weighted by atomic mass is 10.1. The number of morpholine rings is 1. The van der Waals surface area contributed by atoms with Crippen molar-refractivity contribution in [2.45, 2.75) is 26.5 Å². The fraction of sp³-hybridized carbons (Fsp3) is 0.364. The molecule has 28 heavy (non-hydrogen) atoms. The molecule has 1 aliphatic rings. The van der Waals surface area contributed by atoms with E-state index in [9.17, 15) is 9.59 Å². The van der Waals surface area contributed by atoms with Crippen LogP contribution in [0.25, 0.3) is 0 Å². The molecule has 1 aliphatic heterocycles. The van der Waals surface area contributed by atoms with Gasteiger partial charge in [-0.15, -0.1) is 0 Å². The first-order valence-electron chi connectivity index (χ1n) is 9.49. The van der Waals surface area contributed by atoms with Crippen LogP contribution in [0.15, 0.2) is 48.5 Å². The van der Waals surface area contributed by atoms with Gasteiger partial charge in [0.15, 0.2) is 6.10 Å². The largest absolute Gasteiger partial charge is 0.449 e. The number of esters is 1. The van der Waals surface area contributed by atoms with Crippen LogP contribution in [0.5, 0.6) is 0 Å². The number of amides is 1. The van der Waals surface area contributed by atoms with Gasteiger partial charge >= 0.3 is 5.97 Å². The highest BCUT2D eigenvalue weighted by Crippen LogP contribution is 2.13. The maximum atomic E-state index is 12.3. The van der Waals surface area contributed by atoms with E-state index in [0.717, 1.165) is 44.0 Å². The molecule has 2 aromatic carbocycles. The molecule has 0 saturated carbocycles. The fourth-order valence-corrected chi connectivity index (χ4v) is 3.01. The van der Waals surface area contributed by atoms with Crippen LogP contribution in [-0.4, -0.2) is 49.2 Å². The Labute approximate surface area is 165 Å². The van der Waals surface area contributed by atoms with Gasteiger partial charge < -0.3 is 14.8 Å². The molecule has 6 nitrogen and oxygen atoms in total. The second-order valence-corrected chi connectivity index (χ2v) is 6.99. The number of rotatable bonds is 6. The van der Waals surface area contributed by atoms with E-state index in [-0.39, 0.29) is 5.91 Å². The van der Waals surface area contributed by atoms with E-state index in [1.54, 1.807) is 25.1 Å². The fourth-order valence-electron chi connectivity index (χ4n) is 3.01. The van der Waals surface area contributed by atoms with E-state index in [0.29, 0.717) is 11.3 Å². The number of nitrogens with one attached hydrogen (secondary N) is 1. The van der Waals surface area contributed by atoms with Crippen molar-refractivity contribution in [3.63, 3.8) is 0 Å². The Morgan fingerprint density at radius 3 is 2.54 bits per heavy atom. The van der Waals surface area contributed by atoms with E-state index in [2.05, 4.69) is 10.2 Å². The van der Waals surface area contributed by atoms with Crippen LogP contribution in [0, 0.1) is 6.92 Å². The summed E-state index contributed by atoms with van der Waals surface area (Å²) in [5.41, 5.74) is 3.28. The molecular weight excluding hydrogens is 356 g/mol. The van der Waals surface area contributed by atoms with Crippen molar-refractivity contribution in [1.29, 1.82) is 0 Å². The minimum Gasteiger partial charge on any atom is -0.449 e. The van der Waals surface area contributed by atoms with Crippen molar-refractivity contribution in [2.75, 3.05) is 31.6 Å². The molecule has 0 unspecified atom stereocenters. The summed E-state index contributed by atoms with van der Waals surface area (Å²) in [5.74, 6) is -0.868. The molecule has 1 N–H and O–H groups in total. The molecule has 148 valence electrons. The van der Waals surface area contributed by atoms with Crippen LogP contribution >= 0.6 is 0 Å². The van der Waals surface area contributed by atoms with Gasteiger partial charge in [0, 0.05) is 25.3 Å². The van der Waals surface area contributed by atoms with Crippen LogP contribution in [0.3, 0.4) is 0 Å². The Bertz CT molecular complexity index is 814. The van der Waals surface area contributed by atoms with Crippen LogP contribution in [0.2, 0.25) is 0 Å². The van der Waals surface area contributed by atoms with Gasteiger partial charge in [-0.05, 0) is 49.2 Å². The molecule has 1 amide bonds. The van der Waals surface area contributed by atoms with E-state index in [1.807, 2.05) is 37.3 Å². The number of carbonyl (C=O) groups is 2. The van der Waals surface area contributed by atoms with Gasteiger partial charge in [0.05, 0.1) is 18.8 Å². The van der Waals surface area contributed by atoms with Gasteiger partial charge in [-0.25, -0.2) is 4.79 Å². The summed E-state index contributed by atoms with van der Waals surface area (Å²) < 4.78 is 10.7. The average molecular weight is 382 g/mol. The van der Waals surface area contributed by atoms with E-state index >= 15 is 0 Å². The van der Waals surface area contributed by atoms with Crippen molar-refractivity contribution < 1.29 is 19.1 Å². The molecule has 1 atom stereocenters. The van der Waals surface area contributed by atoms with E-state index in [4.69, 9.17) is 9.47 Å². The quantitative estimate of drug-likeness (QED) is 0.778. The zero-order valence-corrected chi connectivity index (χ0v) is 16.3. The second kappa shape index (κ2) is 9.48. The Hall–Kier alpha value is -2.70. The third kappa shape index (κ3) is 5.65. The second-order valence-electron chi connectivity index (χ2n) is 6.99. The van der Waals surface area contributed by atoms with Crippen molar-refractivity contribution in [3.05, 3.63) is 65.2 Å². The maximum absolute atomic E-state index is 12.3. The number of ether oxygens (including phenoxy) is 2. The molecule has 0 aliphatic carbocycles. The smallest absolute Gasteiger partial charge is 0.338 e. The molecule has 1 heterocycles. The molecule has 0 aromatic heterocycles. The number of nitrogens with zero attached hydrogens (tertiary/aromatic N) is 1. The normalized spacial score (nSPS) is 15.6. The Kier molecular flexibility index (Phi) is 6.79. The summed E-state index contributed by atoms with van der Waals surface area (Å²) in [4.78, 5) is 26.9. The van der Waals surface area contributed by atoms with Gasteiger partial charge in [-0.3, -0.25) is 9.69 Å². The SMILES string of the molecule is Cc1cccc(NC(=O)[C@@H](C)OC(=O)c2ccc(CN3CCOCC3)cc2)c1. The predicted molar refractivity (Wildman–Crippen MR) is 107 cm³/mol. The van der Waals surface area contributed by atoms with Crippen molar-refractivity contribution >= 4 is 17.6 Å². The topological polar surface area (TPSA) is 67.9 Å². The summed E-state index contributed by atoms with van der Waals surface area (Å²) in [6.45, 7) is 7.68. The molecule has 1 saturated heterocycles. The number of hydrogen-bond acceptors (Lipinski definition) is 5. The number of hydrogen-bond donors (Lipinski definition) is 1. The zero-order chi connectivity index (χ0) is 19.9. The molecule has 3 rings (SSSR count). The first-order chi connectivity index (χ1) is 13.5. The number of benzene rings is 2. The molecule has 6 heteroatoms. The Morgan fingerprint density at radius 1 is 1.14 bits per heavy atom. The molecule has 0 radical (unpaired) electrons. The highest BCUT2D eigenvalue weighted by Gasteiger charge is 2.19. The van der Waals surface area contributed by atoms with Gasteiger partial charge in [-0.2, -0.15) is 0 Å². The highest BCUT2D eigenvalue weighted by atomic mass is 16.5. The minimum absolute atomic E-state index is 0.358. The first-order valence-corrected chi connectivity index (χ1v) is 9.49.